The van der Waals surface area contributed by atoms with Crippen molar-refractivity contribution in [1.29, 1.82) is 0 Å². The van der Waals surface area contributed by atoms with E-state index in [2.05, 4.69) is 38.4 Å². The third-order valence-corrected chi connectivity index (χ3v) is 7.20. The Kier molecular flexibility index (Phi) is 3.67. The second-order valence-electron chi connectivity index (χ2n) is 8.95. The van der Waals surface area contributed by atoms with E-state index in [-0.39, 0.29) is 0 Å². The summed E-state index contributed by atoms with van der Waals surface area (Å²) < 4.78 is 6.09. The number of aromatic nitrogens is 3. The highest BCUT2D eigenvalue weighted by Crippen LogP contribution is 2.50. The highest BCUT2D eigenvalue weighted by atomic mass is 16.5. The molecule has 2 unspecified atom stereocenters. The minimum atomic E-state index is 0.331. The quantitative estimate of drug-likeness (QED) is 0.518. The summed E-state index contributed by atoms with van der Waals surface area (Å²) in [6, 6.07) is 10.8. The second kappa shape index (κ2) is 6.49. The van der Waals surface area contributed by atoms with Crippen LogP contribution in [0.2, 0.25) is 0 Å². The van der Waals surface area contributed by atoms with Crippen LogP contribution in [0.15, 0.2) is 35.3 Å². The Hall–Kier alpha value is -3.52. The molecular formula is C24H23N7O. The molecule has 32 heavy (non-hydrogen) atoms. The molecule has 0 spiro atoms. The average Bonchev–Trinajstić information content (AvgIpc) is 3.30. The van der Waals surface area contributed by atoms with Crippen LogP contribution >= 0.6 is 0 Å². The van der Waals surface area contributed by atoms with Gasteiger partial charge in [0.1, 0.15) is 5.82 Å². The Balaban J connectivity index is 1.31. The van der Waals surface area contributed by atoms with Crippen molar-refractivity contribution in [3.05, 3.63) is 47.3 Å². The molecule has 0 bridgehead atoms. The average molecular weight is 425 g/mol. The lowest BCUT2D eigenvalue weighted by Crippen LogP contribution is -2.29. The number of ether oxygens (including phenoxy) is 1. The van der Waals surface area contributed by atoms with E-state index in [1.165, 1.54) is 11.1 Å². The maximum absolute atomic E-state index is 6.21. The minimum absolute atomic E-state index is 0.331. The smallest absolute Gasteiger partial charge is 0.325 e. The van der Waals surface area contributed by atoms with Gasteiger partial charge in [-0.15, -0.1) is 0 Å². The number of piperidine rings is 1. The van der Waals surface area contributed by atoms with Crippen molar-refractivity contribution in [2.75, 3.05) is 30.4 Å². The monoisotopic (exact) mass is 425 g/mol. The SMILES string of the molecule is CNc1cccc2c1Cc1nc(Oc3ccc4c(n3)CC=N4)nc(N3CC4C(N)C4C3)c1-2. The van der Waals surface area contributed by atoms with Crippen molar-refractivity contribution < 1.29 is 4.74 Å². The van der Waals surface area contributed by atoms with Crippen molar-refractivity contribution in [1.82, 2.24) is 15.0 Å². The summed E-state index contributed by atoms with van der Waals surface area (Å²) in [7, 11) is 1.96. The number of nitrogens with two attached hydrogens (primary N) is 1. The van der Waals surface area contributed by atoms with Gasteiger partial charge in [0.05, 0.1) is 17.1 Å². The van der Waals surface area contributed by atoms with Crippen LogP contribution in [0.5, 0.6) is 11.9 Å². The lowest BCUT2D eigenvalue weighted by molar-refractivity contribution is 0.422. The highest BCUT2D eigenvalue weighted by Gasteiger charge is 2.54. The highest BCUT2D eigenvalue weighted by molar-refractivity contribution is 5.88. The summed E-state index contributed by atoms with van der Waals surface area (Å²) in [6.07, 6.45) is 3.34. The second-order valence-corrected chi connectivity index (χ2v) is 8.95. The summed E-state index contributed by atoms with van der Waals surface area (Å²) in [4.78, 5) is 21.0. The normalized spacial score (nSPS) is 23.6. The zero-order valence-electron chi connectivity index (χ0n) is 17.7. The summed E-state index contributed by atoms with van der Waals surface area (Å²) in [5.41, 5.74) is 13.7. The van der Waals surface area contributed by atoms with E-state index in [9.17, 15) is 0 Å². The van der Waals surface area contributed by atoms with Gasteiger partial charge in [0.25, 0.3) is 0 Å². The van der Waals surface area contributed by atoms with E-state index >= 15 is 0 Å². The number of pyridine rings is 1. The molecule has 0 radical (unpaired) electrons. The van der Waals surface area contributed by atoms with Crippen LogP contribution in [0.25, 0.3) is 11.1 Å². The molecule has 8 nitrogen and oxygen atoms in total. The number of nitrogens with zero attached hydrogens (tertiary/aromatic N) is 5. The number of aliphatic imine (C=N–C) groups is 1. The van der Waals surface area contributed by atoms with Crippen LogP contribution in [0.1, 0.15) is 17.0 Å². The maximum Gasteiger partial charge on any atom is 0.325 e. The van der Waals surface area contributed by atoms with Crippen molar-refractivity contribution >= 4 is 23.4 Å². The standard InChI is InChI=1S/C24H23N7O/c1-26-16-4-2-3-12-13(16)9-19-21(12)23(31-10-14-15(11-31)22(14)25)30-24(29-19)32-20-6-5-17-18(28-20)7-8-27-17/h2-6,8,14-15,22,26H,7,9-11,25H2,1H3. The first-order chi connectivity index (χ1) is 15.7. The van der Waals surface area contributed by atoms with Crippen LogP contribution in [0.4, 0.5) is 17.2 Å². The molecule has 160 valence electrons. The molecule has 7 rings (SSSR count). The Bertz CT molecular complexity index is 1290. The van der Waals surface area contributed by atoms with Crippen molar-refractivity contribution in [2.45, 2.75) is 18.9 Å². The molecule has 2 fully saturated rings. The first-order valence-corrected chi connectivity index (χ1v) is 11.1. The lowest BCUT2D eigenvalue weighted by atomic mass is 10.1. The van der Waals surface area contributed by atoms with E-state index in [1.54, 1.807) is 0 Å². The Labute approximate surface area is 185 Å². The third kappa shape index (κ3) is 2.59. The van der Waals surface area contributed by atoms with Gasteiger partial charge in [0.2, 0.25) is 5.88 Å². The molecule has 3 N–H and O–H groups in total. The van der Waals surface area contributed by atoms with Gasteiger partial charge < -0.3 is 20.7 Å². The summed E-state index contributed by atoms with van der Waals surface area (Å²) in [5.74, 6) is 2.57. The van der Waals surface area contributed by atoms with Gasteiger partial charge in [-0.25, -0.2) is 4.98 Å². The van der Waals surface area contributed by atoms with Crippen LogP contribution in [-0.2, 0) is 12.8 Å². The van der Waals surface area contributed by atoms with Crippen LogP contribution in [-0.4, -0.2) is 47.3 Å². The molecule has 2 aliphatic heterocycles. The summed E-state index contributed by atoms with van der Waals surface area (Å²) >= 11 is 0. The molecule has 2 aliphatic carbocycles. The molecule has 4 heterocycles. The predicted octanol–water partition coefficient (Wildman–Crippen LogP) is 2.93. The molecule has 2 aromatic heterocycles. The number of hydrogen-bond donors (Lipinski definition) is 2. The van der Waals surface area contributed by atoms with Crippen LogP contribution in [0.3, 0.4) is 0 Å². The number of fused-ring (bicyclic) bond motifs is 5. The van der Waals surface area contributed by atoms with Gasteiger partial charge in [0, 0.05) is 62.6 Å². The van der Waals surface area contributed by atoms with E-state index in [0.717, 1.165) is 60.1 Å². The molecule has 0 amide bonds. The Morgan fingerprint density at radius 3 is 2.78 bits per heavy atom. The topological polar surface area (TPSA) is 102 Å². The predicted molar refractivity (Wildman–Crippen MR) is 123 cm³/mol. The molecule has 8 heteroatoms. The summed E-state index contributed by atoms with van der Waals surface area (Å²) in [5, 5.41) is 3.32. The van der Waals surface area contributed by atoms with Crippen molar-refractivity contribution in [2.24, 2.45) is 22.6 Å². The Morgan fingerprint density at radius 2 is 1.94 bits per heavy atom. The number of rotatable bonds is 4. The zero-order valence-corrected chi connectivity index (χ0v) is 17.7. The molecule has 3 aromatic rings. The lowest BCUT2D eigenvalue weighted by Gasteiger charge is -2.23. The van der Waals surface area contributed by atoms with Crippen LogP contribution in [0, 0.1) is 11.8 Å². The van der Waals surface area contributed by atoms with E-state index in [1.807, 2.05) is 25.4 Å². The fraction of sp³-hybridized carbons (Fsp3) is 0.333. The number of benzene rings is 1. The first-order valence-electron chi connectivity index (χ1n) is 11.1. The molecular weight excluding hydrogens is 402 g/mol. The number of anilines is 2. The van der Waals surface area contributed by atoms with Crippen molar-refractivity contribution in [3.63, 3.8) is 0 Å². The van der Waals surface area contributed by atoms with E-state index < -0.39 is 0 Å². The van der Waals surface area contributed by atoms with Gasteiger partial charge in [-0.05, 0) is 35.1 Å². The van der Waals surface area contributed by atoms with Gasteiger partial charge >= 0.3 is 6.01 Å². The number of nitrogens with one attached hydrogen (secondary N) is 1. The molecule has 1 aromatic carbocycles. The van der Waals surface area contributed by atoms with Gasteiger partial charge in [-0.2, -0.15) is 9.97 Å². The van der Waals surface area contributed by atoms with Crippen molar-refractivity contribution in [3.8, 4) is 23.0 Å². The molecule has 1 saturated carbocycles. The fourth-order valence-corrected chi connectivity index (χ4v) is 5.43. The van der Waals surface area contributed by atoms with Gasteiger partial charge in [0.15, 0.2) is 0 Å². The largest absolute Gasteiger partial charge is 0.405 e. The van der Waals surface area contributed by atoms with E-state index in [4.69, 9.17) is 20.4 Å². The zero-order chi connectivity index (χ0) is 21.4. The van der Waals surface area contributed by atoms with Gasteiger partial charge in [-0.1, -0.05) is 12.1 Å². The van der Waals surface area contributed by atoms with E-state index in [0.29, 0.717) is 29.8 Å². The molecule has 1 saturated heterocycles. The first kappa shape index (κ1) is 18.1. The number of hydrogen-bond acceptors (Lipinski definition) is 8. The fourth-order valence-electron chi connectivity index (χ4n) is 5.43. The maximum atomic E-state index is 6.21. The molecule has 2 atom stereocenters. The van der Waals surface area contributed by atoms with Gasteiger partial charge in [-0.3, -0.25) is 4.99 Å². The molecule has 4 aliphatic rings. The van der Waals surface area contributed by atoms with Crippen LogP contribution < -0.4 is 20.7 Å². The summed E-state index contributed by atoms with van der Waals surface area (Å²) in [6.45, 7) is 1.87. The third-order valence-electron chi connectivity index (χ3n) is 7.20. The minimum Gasteiger partial charge on any atom is -0.405 e. The Morgan fingerprint density at radius 1 is 1.06 bits per heavy atom.